The topological polar surface area (TPSA) is 18.5 Å². The van der Waals surface area contributed by atoms with Gasteiger partial charge in [-0.25, -0.2) is 0 Å². The molecule has 1 fully saturated rings. The van der Waals surface area contributed by atoms with Gasteiger partial charge in [0.1, 0.15) is 11.4 Å². The fraction of sp³-hybridized carbons (Fsp3) is 0.579. The van der Waals surface area contributed by atoms with Gasteiger partial charge in [0.05, 0.1) is 6.10 Å². The van der Waals surface area contributed by atoms with Crippen LogP contribution >= 0.6 is 0 Å². The summed E-state index contributed by atoms with van der Waals surface area (Å²) >= 11 is 0. The highest BCUT2D eigenvalue weighted by Gasteiger charge is 2.47. The van der Waals surface area contributed by atoms with Crippen LogP contribution in [-0.2, 0) is 4.74 Å². The van der Waals surface area contributed by atoms with Gasteiger partial charge in [-0.05, 0) is 52.5 Å². The molecule has 0 bridgehead atoms. The second kappa shape index (κ2) is 5.84. The van der Waals surface area contributed by atoms with Crippen molar-refractivity contribution in [1.29, 1.82) is 0 Å². The van der Waals surface area contributed by atoms with Crippen molar-refractivity contribution in [3.63, 3.8) is 0 Å². The lowest BCUT2D eigenvalue weighted by Gasteiger charge is -2.48. The van der Waals surface area contributed by atoms with Crippen LogP contribution < -0.4 is 4.74 Å². The average molecular weight is 286 g/mol. The Morgan fingerprint density at radius 3 is 2.95 bits per heavy atom. The highest BCUT2D eigenvalue weighted by Crippen LogP contribution is 2.50. The van der Waals surface area contributed by atoms with E-state index in [1.807, 2.05) is 0 Å². The van der Waals surface area contributed by atoms with E-state index in [1.54, 1.807) is 0 Å². The Kier molecular flexibility index (Phi) is 4.08. The molecular weight excluding hydrogens is 260 g/mol. The van der Waals surface area contributed by atoms with E-state index < -0.39 is 0 Å². The fourth-order valence-electron chi connectivity index (χ4n) is 3.73. The number of allylic oxidation sites excluding steroid dienone is 2. The molecule has 0 N–H and O–H groups in total. The van der Waals surface area contributed by atoms with Crippen molar-refractivity contribution < 1.29 is 9.47 Å². The normalized spacial score (nSPS) is 30.8. The number of para-hydroxylation sites is 1. The molecule has 0 spiro atoms. The zero-order valence-electron chi connectivity index (χ0n) is 13.4. The maximum atomic E-state index is 6.46. The lowest BCUT2D eigenvalue weighted by atomic mass is 9.73. The Labute approximate surface area is 128 Å². The van der Waals surface area contributed by atoms with Crippen molar-refractivity contribution >= 4 is 0 Å². The van der Waals surface area contributed by atoms with Crippen molar-refractivity contribution in [1.82, 2.24) is 0 Å². The molecule has 114 valence electrons. The molecule has 2 nitrogen and oxygen atoms in total. The van der Waals surface area contributed by atoms with Gasteiger partial charge < -0.3 is 9.47 Å². The monoisotopic (exact) mass is 286 g/mol. The van der Waals surface area contributed by atoms with Crippen LogP contribution in [0.15, 0.2) is 35.9 Å². The fourth-order valence-corrected chi connectivity index (χ4v) is 3.73. The number of hydrogen-bond acceptors (Lipinski definition) is 2. The molecule has 3 rings (SSSR count). The molecule has 2 heterocycles. The van der Waals surface area contributed by atoms with Crippen molar-refractivity contribution in [3.05, 3.63) is 41.5 Å². The Balaban J connectivity index is 1.89. The quantitative estimate of drug-likeness (QED) is 0.724. The van der Waals surface area contributed by atoms with E-state index in [4.69, 9.17) is 9.47 Å². The van der Waals surface area contributed by atoms with Gasteiger partial charge in [0.2, 0.25) is 0 Å². The maximum absolute atomic E-state index is 6.46. The van der Waals surface area contributed by atoms with Gasteiger partial charge in [-0.15, -0.1) is 0 Å². The van der Waals surface area contributed by atoms with Crippen LogP contribution in [0.5, 0.6) is 5.75 Å². The summed E-state index contributed by atoms with van der Waals surface area (Å²) in [6, 6.07) is 8.39. The molecule has 0 aromatic heterocycles. The summed E-state index contributed by atoms with van der Waals surface area (Å²) in [7, 11) is 0. The van der Waals surface area contributed by atoms with Crippen molar-refractivity contribution in [2.75, 3.05) is 6.61 Å². The predicted octanol–water partition coefficient (Wildman–Crippen LogP) is 5.05. The molecule has 2 aliphatic rings. The minimum Gasteiger partial charge on any atom is -0.487 e. The van der Waals surface area contributed by atoms with Gasteiger partial charge >= 0.3 is 0 Å². The second-order valence-corrected chi connectivity index (χ2v) is 6.81. The summed E-state index contributed by atoms with van der Waals surface area (Å²) in [4.78, 5) is 0. The molecule has 3 atom stereocenters. The van der Waals surface area contributed by atoms with Crippen LogP contribution in [0, 0.1) is 5.92 Å². The number of rotatable bonds is 3. The second-order valence-electron chi connectivity index (χ2n) is 6.81. The van der Waals surface area contributed by atoms with Crippen molar-refractivity contribution in [2.24, 2.45) is 5.92 Å². The van der Waals surface area contributed by atoms with Crippen LogP contribution in [0.3, 0.4) is 0 Å². The molecule has 0 amide bonds. The van der Waals surface area contributed by atoms with Gasteiger partial charge in [-0.3, -0.25) is 0 Å². The summed E-state index contributed by atoms with van der Waals surface area (Å²) in [5.74, 6) is 1.48. The van der Waals surface area contributed by atoms with E-state index in [-0.39, 0.29) is 11.7 Å². The summed E-state index contributed by atoms with van der Waals surface area (Å²) in [6.45, 7) is 7.46. The smallest absolute Gasteiger partial charge is 0.125 e. The summed E-state index contributed by atoms with van der Waals surface area (Å²) in [5, 5.41) is 0. The molecule has 21 heavy (non-hydrogen) atoms. The predicted molar refractivity (Wildman–Crippen MR) is 85.6 cm³/mol. The molecule has 1 saturated heterocycles. The number of fused-ring (bicyclic) bond motifs is 3. The SMILES string of the molecule is CC(C)=CCC[C@]1(C)Oc2ccccc2[C@H]2OCCC[C@@H]21. The first-order valence-corrected chi connectivity index (χ1v) is 8.13. The summed E-state index contributed by atoms with van der Waals surface area (Å²) in [5.41, 5.74) is 2.50. The number of hydrogen-bond donors (Lipinski definition) is 0. The molecule has 0 unspecified atom stereocenters. The van der Waals surface area contributed by atoms with E-state index in [0.717, 1.165) is 31.6 Å². The van der Waals surface area contributed by atoms with Crippen molar-refractivity contribution in [3.8, 4) is 5.75 Å². The van der Waals surface area contributed by atoms with Gasteiger partial charge in [0.15, 0.2) is 0 Å². The Hall–Kier alpha value is -1.28. The van der Waals surface area contributed by atoms with Crippen LogP contribution in [0.25, 0.3) is 0 Å². The van der Waals surface area contributed by atoms with Gasteiger partial charge in [-0.1, -0.05) is 29.8 Å². The lowest BCUT2D eigenvalue weighted by molar-refractivity contribution is -0.126. The third-order valence-corrected chi connectivity index (χ3v) is 4.87. The first-order valence-electron chi connectivity index (χ1n) is 8.13. The van der Waals surface area contributed by atoms with E-state index in [2.05, 4.69) is 51.1 Å². The van der Waals surface area contributed by atoms with Crippen LogP contribution in [-0.4, -0.2) is 12.2 Å². The number of ether oxygens (including phenoxy) is 2. The average Bonchev–Trinajstić information content (AvgIpc) is 2.47. The van der Waals surface area contributed by atoms with Crippen molar-refractivity contribution in [2.45, 2.75) is 58.2 Å². The Morgan fingerprint density at radius 2 is 2.14 bits per heavy atom. The molecule has 1 aromatic carbocycles. The Morgan fingerprint density at radius 1 is 1.33 bits per heavy atom. The molecule has 1 aromatic rings. The molecule has 2 aliphatic heterocycles. The van der Waals surface area contributed by atoms with E-state index in [9.17, 15) is 0 Å². The standard InChI is InChI=1S/C19H26O2/c1-14(2)8-6-12-19(3)16-10-7-13-20-18(16)15-9-4-5-11-17(15)21-19/h4-5,8-9,11,16,18H,6-7,10,12-13H2,1-3H3/t16-,18+,19-/m0/s1. The molecular formula is C19H26O2. The minimum atomic E-state index is -0.120. The largest absolute Gasteiger partial charge is 0.487 e. The van der Waals surface area contributed by atoms with Crippen LogP contribution in [0.4, 0.5) is 0 Å². The van der Waals surface area contributed by atoms with Gasteiger partial charge in [0.25, 0.3) is 0 Å². The van der Waals surface area contributed by atoms with Crippen LogP contribution in [0.2, 0.25) is 0 Å². The summed E-state index contributed by atoms with van der Waals surface area (Å²) in [6.07, 6.45) is 6.99. The van der Waals surface area contributed by atoms with E-state index in [0.29, 0.717) is 5.92 Å². The molecule has 2 heteroatoms. The van der Waals surface area contributed by atoms with E-state index >= 15 is 0 Å². The zero-order valence-corrected chi connectivity index (χ0v) is 13.4. The highest BCUT2D eigenvalue weighted by molar-refractivity contribution is 5.39. The lowest BCUT2D eigenvalue weighted by Crippen LogP contribution is -2.49. The highest BCUT2D eigenvalue weighted by atomic mass is 16.5. The molecule has 0 saturated carbocycles. The van der Waals surface area contributed by atoms with E-state index in [1.165, 1.54) is 17.6 Å². The zero-order chi connectivity index (χ0) is 14.9. The molecule has 0 radical (unpaired) electrons. The summed E-state index contributed by atoms with van der Waals surface area (Å²) < 4.78 is 12.6. The number of benzene rings is 1. The van der Waals surface area contributed by atoms with Crippen LogP contribution in [0.1, 0.15) is 58.1 Å². The third-order valence-electron chi connectivity index (χ3n) is 4.87. The van der Waals surface area contributed by atoms with Gasteiger partial charge in [0, 0.05) is 18.1 Å². The van der Waals surface area contributed by atoms with Gasteiger partial charge in [-0.2, -0.15) is 0 Å². The molecule has 0 aliphatic carbocycles. The first kappa shape index (κ1) is 14.6. The minimum absolute atomic E-state index is 0.120. The maximum Gasteiger partial charge on any atom is 0.125 e. The first-order chi connectivity index (χ1) is 10.1. The Bertz CT molecular complexity index is 530. The third kappa shape index (κ3) is 2.87.